The van der Waals surface area contributed by atoms with E-state index in [1.807, 2.05) is 59.2 Å². The summed E-state index contributed by atoms with van der Waals surface area (Å²) in [7, 11) is 1.64. The third kappa shape index (κ3) is 6.20. The number of benzene rings is 1. The van der Waals surface area contributed by atoms with Crippen molar-refractivity contribution >= 4 is 34.4 Å². The smallest absolute Gasteiger partial charge is 0.490 e. The monoisotopic (exact) mass is 527 g/mol. The molecule has 4 aromatic rings. The molecular weight excluding hydrogens is 503 g/mol. The molecule has 1 saturated heterocycles. The number of methoxy groups -OCH3 is 1. The van der Waals surface area contributed by atoms with E-state index < -0.39 is 12.1 Å². The molecule has 0 saturated carbocycles. The van der Waals surface area contributed by atoms with E-state index in [2.05, 4.69) is 20.2 Å². The van der Waals surface area contributed by atoms with Gasteiger partial charge in [-0.2, -0.15) is 13.2 Å². The number of halogens is 3. The van der Waals surface area contributed by atoms with Crippen molar-refractivity contribution in [1.82, 2.24) is 14.5 Å². The van der Waals surface area contributed by atoms with Gasteiger partial charge >= 0.3 is 12.1 Å². The number of amides is 1. The molecule has 2 N–H and O–H groups in total. The zero-order chi connectivity index (χ0) is 27.3. The van der Waals surface area contributed by atoms with Crippen LogP contribution in [-0.4, -0.2) is 57.9 Å². The van der Waals surface area contributed by atoms with Gasteiger partial charge < -0.3 is 24.6 Å². The Morgan fingerprint density at radius 1 is 1.08 bits per heavy atom. The number of aliphatic carboxylic acids is 1. The van der Waals surface area contributed by atoms with Crippen LogP contribution in [-0.2, 0) is 11.3 Å². The average molecular weight is 528 g/mol. The molecular formula is C26H24F3N5O4. The minimum atomic E-state index is -5.08. The molecule has 1 aromatic carbocycles. The molecule has 12 heteroatoms. The van der Waals surface area contributed by atoms with Crippen molar-refractivity contribution in [3.05, 3.63) is 78.2 Å². The number of hydrogen-bond acceptors (Lipinski definition) is 6. The summed E-state index contributed by atoms with van der Waals surface area (Å²) in [5.41, 5.74) is 3.05. The molecule has 1 aliphatic heterocycles. The number of hydrogen-bond donors (Lipinski definition) is 2. The minimum Gasteiger partial charge on any atom is -0.497 e. The summed E-state index contributed by atoms with van der Waals surface area (Å²) in [5.74, 6) is -1.20. The molecule has 3 aromatic heterocycles. The van der Waals surface area contributed by atoms with Gasteiger partial charge in [-0.05, 0) is 54.4 Å². The first-order valence-corrected chi connectivity index (χ1v) is 11.6. The van der Waals surface area contributed by atoms with Gasteiger partial charge in [0.2, 0.25) is 0 Å². The normalized spacial score (nSPS) is 12.8. The molecule has 0 atom stereocenters. The van der Waals surface area contributed by atoms with Gasteiger partial charge in [0, 0.05) is 31.2 Å². The zero-order valence-corrected chi connectivity index (χ0v) is 20.3. The highest BCUT2D eigenvalue weighted by atomic mass is 19.4. The van der Waals surface area contributed by atoms with Gasteiger partial charge in [-0.25, -0.2) is 14.8 Å². The lowest BCUT2D eigenvalue weighted by atomic mass is 10.2. The highest BCUT2D eigenvalue weighted by molar-refractivity contribution is 6.06. The van der Waals surface area contributed by atoms with Crippen molar-refractivity contribution in [2.75, 3.05) is 30.4 Å². The molecule has 0 spiro atoms. The van der Waals surface area contributed by atoms with E-state index >= 15 is 0 Å². The van der Waals surface area contributed by atoms with Gasteiger partial charge in [-0.3, -0.25) is 4.79 Å². The Bertz CT molecular complexity index is 1420. The number of carboxylic acid groups (broad SMARTS) is 1. The predicted molar refractivity (Wildman–Crippen MR) is 135 cm³/mol. The van der Waals surface area contributed by atoms with E-state index in [1.54, 1.807) is 19.5 Å². The number of carbonyl (C=O) groups excluding carboxylic acids is 1. The van der Waals surface area contributed by atoms with Crippen LogP contribution in [0.5, 0.6) is 5.75 Å². The highest BCUT2D eigenvalue weighted by Gasteiger charge is 2.38. The molecule has 0 unspecified atom stereocenters. The molecule has 1 fully saturated rings. The van der Waals surface area contributed by atoms with Crippen molar-refractivity contribution in [3.8, 4) is 5.75 Å². The molecule has 1 aliphatic rings. The van der Waals surface area contributed by atoms with Gasteiger partial charge in [0.1, 0.15) is 22.9 Å². The fraction of sp³-hybridized carbons (Fsp3) is 0.231. The van der Waals surface area contributed by atoms with Crippen molar-refractivity contribution in [1.29, 1.82) is 0 Å². The largest absolute Gasteiger partial charge is 0.497 e. The number of nitrogens with one attached hydrogen (secondary N) is 1. The van der Waals surface area contributed by atoms with Crippen LogP contribution >= 0.6 is 0 Å². The van der Waals surface area contributed by atoms with Crippen LogP contribution in [0, 0.1) is 0 Å². The summed E-state index contributed by atoms with van der Waals surface area (Å²) in [6.45, 7) is 2.60. The van der Waals surface area contributed by atoms with Crippen LogP contribution in [0.1, 0.15) is 22.5 Å². The number of rotatable bonds is 6. The Hall–Kier alpha value is -4.61. The summed E-state index contributed by atoms with van der Waals surface area (Å²) in [5, 5.41) is 11.0. The lowest BCUT2D eigenvalue weighted by Crippen LogP contribution is -2.37. The molecule has 0 aliphatic carbocycles. The maximum Gasteiger partial charge on any atom is 0.490 e. The zero-order valence-electron chi connectivity index (χ0n) is 20.3. The Labute approximate surface area is 215 Å². The quantitative estimate of drug-likeness (QED) is 0.378. The topological polar surface area (TPSA) is 110 Å². The number of ether oxygens (including phenoxy) is 1. The first kappa shape index (κ1) is 26.5. The number of anilines is 2. The predicted octanol–water partition coefficient (Wildman–Crippen LogP) is 4.58. The van der Waals surface area contributed by atoms with Gasteiger partial charge in [-0.15, -0.1) is 0 Å². The first-order valence-electron chi connectivity index (χ1n) is 11.6. The van der Waals surface area contributed by atoms with E-state index in [0.29, 0.717) is 17.9 Å². The third-order valence-electron chi connectivity index (χ3n) is 5.82. The Kier molecular flexibility index (Phi) is 7.79. The lowest BCUT2D eigenvalue weighted by Gasteiger charge is -2.31. The van der Waals surface area contributed by atoms with Crippen molar-refractivity contribution in [3.63, 3.8) is 0 Å². The van der Waals surface area contributed by atoms with E-state index in [1.165, 1.54) is 6.42 Å². The van der Waals surface area contributed by atoms with Crippen molar-refractivity contribution in [2.45, 2.75) is 19.1 Å². The molecule has 9 nitrogen and oxygen atoms in total. The maximum atomic E-state index is 13.2. The van der Waals surface area contributed by atoms with E-state index in [0.717, 1.165) is 41.3 Å². The van der Waals surface area contributed by atoms with Gasteiger partial charge in [0.05, 0.1) is 19.0 Å². The summed E-state index contributed by atoms with van der Waals surface area (Å²) < 4.78 is 38.9. The molecule has 38 heavy (non-hydrogen) atoms. The fourth-order valence-electron chi connectivity index (χ4n) is 3.74. The SMILES string of the molecule is COc1ccc(Cn2c(C(=O)Nc3ccc(N4CCC4)nc3)cc3cccnc32)cc1.O=C(O)C(F)(F)F. The van der Waals surface area contributed by atoms with Gasteiger partial charge in [0.25, 0.3) is 5.91 Å². The van der Waals surface area contributed by atoms with E-state index in [4.69, 9.17) is 14.6 Å². The molecule has 1 amide bonds. The number of pyridine rings is 2. The van der Waals surface area contributed by atoms with Crippen LogP contribution in [0.4, 0.5) is 24.7 Å². The minimum absolute atomic E-state index is 0.190. The second-order valence-corrected chi connectivity index (χ2v) is 8.38. The number of carbonyl (C=O) groups is 2. The van der Waals surface area contributed by atoms with Gasteiger partial charge in [-0.1, -0.05) is 12.1 Å². The summed E-state index contributed by atoms with van der Waals surface area (Å²) in [4.78, 5) is 33.3. The summed E-state index contributed by atoms with van der Waals surface area (Å²) >= 11 is 0. The molecule has 5 rings (SSSR count). The summed E-state index contributed by atoms with van der Waals surface area (Å²) in [6.07, 6.45) is -0.430. The number of nitrogens with zero attached hydrogens (tertiary/aromatic N) is 4. The van der Waals surface area contributed by atoms with E-state index in [-0.39, 0.29) is 5.91 Å². The fourth-order valence-corrected chi connectivity index (χ4v) is 3.74. The molecule has 0 radical (unpaired) electrons. The third-order valence-corrected chi connectivity index (χ3v) is 5.82. The number of fused-ring (bicyclic) bond motifs is 1. The van der Waals surface area contributed by atoms with Crippen molar-refractivity contribution < 1.29 is 32.6 Å². The molecule has 0 bridgehead atoms. The standard InChI is InChI=1S/C24H23N5O2.C2HF3O2/c1-31-20-8-5-17(6-9-20)16-29-21(14-18-4-2-11-25-23(18)29)24(30)27-19-7-10-22(26-15-19)28-12-3-13-28;3-2(4,5)1(6)7/h2,4-11,14-15H,3,12-13,16H2,1H3,(H,27,30);(H,6,7). The van der Waals surface area contributed by atoms with Crippen LogP contribution < -0.4 is 15.0 Å². The average Bonchev–Trinajstić information content (AvgIpc) is 3.23. The second-order valence-electron chi connectivity index (χ2n) is 8.38. The second kappa shape index (κ2) is 11.2. The summed E-state index contributed by atoms with van der Waals surface area (Å²) in [6, 6.07) is 17.4. The number of carboxylic acids is 1. The van der Waals surface area contributed by atoms with E-state index in [9.17, 15) is 18.0 Å². The number of aromatic nitrogens is 3. The first-order chi connectivity index (χ1) is 18.2. The maximum absolute atomic E-state index is 13.2. The van der Waals surface area contributed by atoms with Crippen LogP contribution in [0.2, 0.25) is 0 Å². The van der Waals surface area contributed by atoms with Crippen molar-refractivity contribution in [2.24, 2.45) is 0 Å². The Morgan fingerprint density at radius 2 is 1.79 bits per heavy atom. The van der Waals surface area contributed by atoms with Gasteiger partial charge in [0.15, 0.2) is 0 Å². The Morgan fingerprint density at radius 3 is 2.34 bits per heavy atom. The number of alkyl halides is 3. The lowest BCUT2D eigenvalue weighted by molar-refractivity contribution is -0.192. The highest BCUT2D eigenvalue weighted by Crippen LogP contribution is 2.23. The molecule has 4 heterocycles. The molecule has 198 valence electrons. The Balaban J connectivity index is 0.000000426. The van der Waals surface area contributed by atoms with Crippen LogP contribution in [0.15, 0.2) is 67.0 Å². The van der Waals surface area contributed by atoms with Crippen LogP contribution in [0.3, 0.4) is 0 Å². The van der Waals surface area contributed by atoms with Crippen LogP contribution in [0.25, 0.3) is 11.0 Å².